The molecule has 3 nitrogen and oxygen atoms in total. The van der Waals surface area contributed by atoms with Gasteiger partial charge in [0.2, 0.25) is 0 Å². The summed E-state index contributed by atoms with van der Waals surface area (Å²) in [5.41, 5.74) is 4.50. The quantitative estimate of drug-likeness (QED) is 0.189. The molecule has 37 heavy (non-hydrogen) atoms. The largest absolute Gasteiger partial charge is 0.465 e. The summed E-state index contributed by atoms with van der Waals surface area (Å²) in [4.78, 5) is 15.6. The SMILES string of the molecule is C/C=C/Oc1cccc(CCCN(CCC(c2ccccc2)c2ccccc2)C(=O)c2ccccc2)c1. The lowest BCUT2D eigenvalue weighted by atomic mass is 9.88. The Bertz CT molecular complexity index is 1210. The zero-order valence-electron chi connectivity index (χ0n) is 21.5. The molecule has 0 saturated heterocycles. The normalized spacial score (nSPS) is 11.1. The van der Waals surface area contributed by atoms with Gasteiger partial charge in [0.25, 0.3) is 5.91 Å². The standard InChI is InChI=1S/C34H35NO2/c1-2-26-37-32-22-12-14-28(27-32)15-13-24-35(34(36)31-20-10-5-11-21-31)25-23-33(29-16-6-3-7-17-29)30-18-8-4-9-19-30/h2-12,14,16-22,26-27,33H,13,15,23-25H2,1H3/b26-2+. The minimum atomic E-state index is 0.0886. The van der Waals surface area contributed by atoms with Crippen LogP contribution in [0.4, 0.5) is 0 Å². The number of carbonyl (C=O) groups is 1. The summed E-state index contributed by atoms with van der Waals surface area (Å²) in [6.07, 6.45) is 6.19. The molecule has 4 rings (SSSR count). The van der Waals surface area contributed by atoms with Crippen molar-refractivity contribution >= 4 is 5.91 Å². The number of hydrogen-bond acceptors (Lipinski definition) is 2. The third kappa shape index (κ3) is 7.68. The van der Waals surface area contributed by atoms with Gasteiger partial charge in [-0.2, -0.15) is 0 Å². The van der Waals surface area contributed by atoms with Gasteiger partial charge in [0.05, 0.1) is 6.26 Å². The molecule has 4 aromatic rings. The van der Waals surface area contributed by atoms with E-state index in [0.29, 0.717) is 13.1 Å². The van der Waals surface area contributed by atoms with Gasteiger partial charge in [-0.25, -0.2) is 0 Å². The van der Waals surface area contributed by atoms with Crippen LogP contribution in [0.15, 0.2) is 128 Å². The first kappa shape index (κ1) is 26.0. The maximum Gasteiger partial charge on any atom is 0.253 e. The van der Waals surface area contributed by atoms with Gasteiger partial charge in [-0.3, -0.25) is 4.79 Å². The second-order valence-electron chi connectivity index (χ2n) is 9.16. The van der Waals surface area contributed by atoms with Gasteiger partial charge >= 0.3 is 0 Å². The van der Waals surface area contributed by atoms with Crippen molar-refractivity contribution in [1.29, 1.82) is 0 Å². The molecule has 0 aliphatic rings. The molecule has 0 atom stereocenters. The van der Waals surface area contributed by atoms with Gasteiger partial charge in [0.15, 0.2) is 0 Å². The van der Waals surface area contributed by atoms with E-state index in [9.17, 15) is 4.79 Å². The highest BCUT2D eigenvalue weighted by Gasteiger charge is 2.20. The molecule has 0 fully saturated rings. The minimum absolute atomic E-state index is 0.0886. The molecule has 0 unspecified atom stereocenters. The van der Waals surface area contributed by atoms with Crippen LogP contribution in [0.3, 0.4) is 0 Å². The van der Waals surface area contributed by atoms with Crippen LogP contribution in [0.2, 0.25) is 0 Å². The zero-order valence-corrected chi connectivity index (χ0v) is 21.5. The fraction of sp³-hybridized carbons (Fsp3) is 0.206. The smallest absolute Gasteiger partial charge is 0.253 e. The van der Waals surface area contributed by atoms with E-state index >= 15 is 0 Å². The van der Waals surface area contributed by atoms with E-state index in [2.05, 4.69) is 72.8 Å². The van der Waals surface area contributed by atoms with Gasteiger partial charge in [0.1, 0.15) is 5.75 Å². The van der Waals surface area contributed by atoms with Crippen molar-refractivity contribution in [3.05, 3.63) is 150 Å². The lowest BCUT2D eigenvalue weighted by Crippen LogP contribution is -2.34. The highest BCUT2D eigenvalue weighted by atomic mass is 16.5. The van der Waals surface area contributed by atoms with Crippen LogP contribution in [-0.2, 0) is 6.42 Å². The van der Waals surface area contributed by atoms with Crippen molar-refractivity contribution in [2.45, 2.75) is 32.1 Å². The van der Waals surface area contributed by atoms with E-state index in [0.717, 1.165) is 30.6 Å². The second kappa shape index (κ2) is 13.8. The monoisotopic (exact) mass is 489 g/mol. The van der Waals surface area contributed by atoms with Crippen LogP contribution in [-0.4, -0.2) is 23.9 Å². The van der Waals surface area contributed by atoms with Crippen molar-refractivity contribution in [2.75, 3.05) is 13.1 Å². The van der Waals surface area contributed by atoms with Crippen LogP contribution in [0, 0.1) is 0 Å². The van der Waals surface area contributed by atoms with E-state index in [1.165, 1.54) is 16.7 Å². The van der Waals surface area contributed by atoms with Crippen molar-refractivity contribution in [3.63, 3.8) is 0 Å². The number of benzene rings is 4. The van der Waals surface area contributed by atoms with Crippen LogP contribution in [0.5, 0.6) is 5.75 Å². The Hall–Kier alpha value is -4.11. The average Bonchev–Trinajstić information content (AvgIpc) is 2.97. The lowest BCUT2D eigenvalue weighted by Gasteiger charge is -2.26. The van der Waals surface area contributed by atoms with Gasteiger partial charge in [-0.1, -0.05) is 97.1 Å². The summed E-state index contributed by atoms with van der Waals surface area (Å²) < 4.78 is 5.62. The number of rotatable bonds is 12. The number of ether oxygens (including phenoxy) is 1. The maximum absolute atomic E-state index is 13.5. The van der Waals surface area contributed by atoms with Crippen molar-refractivity contribution in [3.8, 4) is 5.75 Å². The molecule has 0 aromatic heterocycles. The molecule has 4 aromatic carbocycles. The van der Waals surface area contributed by atoms with E-state index in [1.54, 1.807) is 6.26 Å². The Kier molecular flexibility index (Phi) is 9.71. The fourth-order valence-corrected chi connectivity index (χ4v) is 4.65. The first-order valence-electron chi connectivity index (χ1n) is 13.1. The van der Waals surface area contributed by atoms with E-state index < -0.39 is 0 Å². The Balaban J connectivity index is 1.48. The minimum Gasteiger partial charge on any atom is -0.465 e. The number of amides is 1. The molecule has 0 spiro atoms. The average molecular weight is 490 g/mol. The molecule has 0 heterocycles. The van der Waals surface area contributed by atoms with Crippen LogP contribution >= 0.6 is 0 Å². The molecule has 0 bridgehead atoms. The highest BCUT2D eigenvalue weighted by Crippen LogP contribution is 2.28. The summed E-state index contributed by atoms with van der Waals surface area (Å²) in [5.74, 6) is 1.15. The number of hydrogen-bond donors (Lipinski definition) is 0. The number of carbonyl (C=O) groups excluding carboxylic acids is 1. The van der Waals surface area contributed by atoms with Crippen LogP contribution in [0.1, 0.15) is 52.7 Å². The van der Waals surface area contributed by atoms with Crippen molar-refractivity contribution in [2.24, 2.45) is 0 Å². The first-order chi connectivity index (χ1) is 18.2. The molecule has 0 radical (unpaired) electrons. The van der Waals surface area contributed by atoms with E-state index in [1.807, 2.05) is 60.4 Å². The molecule has 0 saturated carbocycles. The topological polar surface area (TPSA) is 29.5 Å². The Morgan fingerprint density at radius 2 is 1.41 bits per heavy atom. The Morgan fingerprint density at radius 1 is 0.784 bits per heavy atom. The molecular weight excluding hydrogens is 454 g/mol. The predicted molar refractivity (Wildman–Crippen MR) is 152 cm³/mol. The molecule has 1 amide bonds. The second-order valence-corrected chi connectivity index (χ2v) is 9.16. The first-order valence-corrected chi connectivity index (χ1v) is 13.1. The maximum atomic E-state index is 13.5. The molecule has 3 heteroatoms. The Morgan fingerprint density at radius 3 is 2.03 bits per heavy atom. The summed E-state index contributed by atoms with van der Waals surface area (Å²) >= 11 is 0. The third-order valence-electron chi connectivity index (χ3n) is 6.53. The zero-order chi connectivity index (χ0) is 25.7. The molecule has 188 valence electrons. The summed E-state index contributed by atoms with van der Waals surface area (Å²) in [5, 5.41) is 0. The number of nitrogens with zero attached hydrogens (tertiary/aromatic N) is 1. The molecule has 0 aliphatic heterocycles. The van der Waals surface area contributed by atoms with E-state index in [4.69, 9.17) is 4.74 Å². The van der Waals surface area contributed by atoms with E-state index in [-0.39, 0.29) is 11.8 Å². The Labute approximate surface area is 221 Å². The summed E-state index contributed by atoms with van der Waals surface area (Å²) in [7, 11) is 0. The molecule has 0 aliphatic carbocycles. The van der Waals surface area contributed by atoms with Gasteiger partial charge < -0.3 is 9.64 Å². The van der Waals surface area contributed by atoms with Crippen molar-refractivity contribution in [1.82, 2.24) is 4.90 Å². The molecular formula is C34H35NO2. The fourth-order valence-electron chi connectivity index (χ4n) is 4.65. The third-order valence-corrected chi connectivity index (χ3v) is 6.53. The van der Waals surface area contributed by atoms with Gasteiger partial charge in [0, 0.05) is 24.6 Å². The highest BCUT2D eigenvalue weighted by molar-refractivity contribution is 5.94. The summed E-state index contributed by atoms with van der Waals surface area (Å²) in [6, 6.07) is 39.0. The van der Waals surface area contributed by atoms with Crippen LogP contribution in [0.25, 0.3) is 0 Å². The van der Waals surface area contributed by atoms with Gasteiger partial charge in [-0.05, 0) is 67.1 Å². The van der Waals surface area contributed by atoms with Gasteiger partial charge in [-0.15, -0.1) is 0 Å². The predicted octanol–water partition coefficient (Wildman–Crippen LogP) is 7.90. The van der Waals surface area contributed by atoms with Crippen LogP contribution < -0.4 is 4.74 Å². The molecule has 0 N–H and O–H groups in total. The van der Waals surface area contributed by atoms with Crippen molar-refractivity contribution < 1.29 is 9.53 Å². The number of allylic oxidation sites excluding steroid dienone is 1. The summed E-state index contributed by atoms with van der Waals surface area (Å²) in [6.45, 7) is 3.32. The lowest BCUT2D eigenvalue weighted by molar-refractivity contribution is 0.0750. The number of aryl methyl sites for hydroxylation is 1.